The molecule has 5 rings (SSSR count). The predicted molar refractivity (Wildman–Crippen MR) is 133 cm³/mol. The van der Waals surface area contributed by atoms with Crippen molar-refractivity contribution >= 4 is 69.1 Å². The number of oxime groups is 1. The number of thioether (sulfide) groups is 2. The Morgan fingerprint density at radius 1 is 1.42 bits per heavy atom. The summed E-state index contributed by atoms with van der Waals surface area (Å²) in [6.07, 6.45) is 1.45. The van der Waals surface area contributed by atoms with E-state index in [9.17, 15) is 19.5 Å². The molecule has 186 valence electrons. The number of fused-ring (bicyclic) bond motifs is 2. The summed E-state index contributed by atoms with van der Waals surface area (Å²) in [7, 11) is 1.28. The Hall–Kier alpha value is -3.63. The van der Waals surface area contributed by atoms with Crippen LogP contribution in [0.1, 0.15) is 5.69 Å². The van der Waals surface area contributed by atoms with Gasteiger partial charge in [0, 0.05) is 16.9 Å². The van der Waals surface area contributed by atoms with E-state index in [1.54, 1.807) is 9.90 Å². The van der Waals surface area contributed by atoms with Gasteiger partial charge in [-0.3, -0.25) is 14.5 Å². The van der Waals surface area contributed by atoms with E-state index < -0.39 is 29.2 Å². The number of carbonyl (C=O) groups is 3. The maximum absolute atomic E-state index is 13.0. The average molecular weight is 547 g/mol. The number of pyridine rings is 1. The zero-order valence-electron chi connectivity index (χ0n) is 18.5. The van der Waals surface area contributed by atoms with Crippen LogP contribution in [0.2, 0.25) is 0 Å². The number of carboxylic acids is 1. The van der Waals surface area contributed by atoms with Crippen LogP contribution in [0.25, 0.3) is 5.65 Å². The molecule has 0 saturated carbocycles. The van der Waals surface area contributed by atoms with Crippen molar-refractivity contribution in [3.63, 3.8) is 0 Å². The van der Waals surface area contributed by atoms with E-state index in [2.05, 4.69) is 25.5 Å². The van der Waals surface area contributed by atoms with Gasteiger partial charge in [0.1, 0.15) is 41.3 Å². The number of carboxylic acid groups (broad SMARTS) is 1. The van der Waals surface area contributed by atoms with Crippen LogP contribution in [0.15, 0.2) is 51.4 Å². The lowest BCUT2D eigenvalue weighted by Crippen LogP contribution is -2.71. The maximum Gasteiger partial charge on any atom is 0.352 e. The number of aliphatic carboxylic acids is 1. The Morgan fingerprint density at radius 3 is 2.97 bits per heavy atom. The number of nitrogens with two attached hydrogens (primary N) is 1. The molecule has 0 radical (unpaired) electrons. The molecule has 0 aliphatic carbocycles. The minimum absolute atomic E-state index is 0.0643. The van der Waals surface area contributed by atoms with Gasteiger partial charge < -0.3 is 21.0 Å². The molecule has 2 amide bonds. The first-order valence-electron chi connectivity index (χ1n) is 10.3. The lowest BCUT2D eigenvalue weighted by molar-refractivity contribution is -0.150. The van der Waals surface area contributed by atoms with Gasteiger partial charge in [-0.15, -0.1) is 34.9 Å². The fraction of sp³-hybridized carbons (Fsp3) is 0.250. The van der Waals surface area contributed by atoms with Gasteiger partial charge >= 0.3 is 5.97 Å². The van der Waals surface area contributed by atoms with E-state index in [4.69, 9.17) is 10.6 Å². The maximum atomic E-state index is 13.0. The molecular formula is C20H18N8O5S3. The van der Waals surface area contributed by atoms with Crippen molar-refractivity contribution in [2.24, 2.45) is 5.16 Å². The smallest absolute Gasteiger partial charge is 0.352 e. The topological polar surface area (TPSA) is 177 Å². The van der Waals surface area contributed by atoms with Gasteiger partial charge in [-0.05, 0) is 17.7 Å². The third kappa shape index (κ3) is 4.27. The molecule has 2 aliphatic rings. The Balaban J connectivity index is 1.32. The van der Waals surface area contributed by atoms with Gasteiger partial charge in [0.05, 0.1) is 0 Å². The molecule has 13 nitrogen and oxygen atoms in total. The Kier molecular flexibility index (Phi) is 6.55. The van der Waals surface area contributed by atoms with Gasteiger partial charge in [0.15, 0.2) is 16.5 Å². The molecule has 1 fully saturated rings. The second-order valence-corrected chi connectivity index (χ2v) is 10.5. The monoisotopic (exact) mass is 546 g/mol. The number of nitrogens with zero attached hydrogens (tertiary/aromatic N) is 6. The van der Waals surface area contributed by atoms with Crippen molar-refractivity contribution in [2.75, 3.05) is 24.3 Å². The molecule has 5 heterocycles. The summed E-state index contributed by atoms with van der Waals surface area (Å²) >= 11 is 3.91. The summed E-state index contributed by atoms with van der Waals surface area (Å²) in [5.74, 6) is -1.67. The fourth-order valence-electron chi connectivity index (χ4n) is 3.79. The summed E-state index contributed by atoms with van der Waals surface area (Å²) < 4.78 is 1.67. The third-order valence-electron chi connectivity index (χ3n) is 5.36. The first-order chi connectivity index (χ1) is 17.4. The number of hydrogen-bond acceptors (Lipinski definition) is 12. The second kappa shape index (κ2) is 9.79. The van der Waals surface area contributed by atoms with Crippen LogP contribution in [-0.4, -0.2) is 83.1 Å². The predicted octanol–water partition coefficient (Wildman–Crippen LogP) is 0.649. The fourth-order valence-corrected chi connectivity index (χ4v) is 6.81. The normalized spacial score (nSPS) is 19.8. The zero-order valence-corrected chi connectivity index (χ0v) is 21.0. The summed E-state index contributed by atoms with van der Waals surface area (Å²) in [5, 5.41) is 22.5. The van der Waals surface area contributed by atoms with Crippen molar-refractivity contribution in [3.8, 4) is 0 Å². The molecule has 3 aromatic heterocycles. The number of carbonyl (C=O) groups excluding carboxylic acids is 2. The molecule has 1 saturated heterocycles. The molecule has 3 aromatic rings. The summed E-state index contributed by atoms with van der Waals surface area (Å²) in [5.41, 5.74) is 6.94. The van der Waals surface area contributed by atoms with E-state index in [0.29, 0.717) is 22.7 Å². The van der Waals surface area contributed by atoms with Crippen LogP contribution in [0.4, 0.5) is 5.13 Å². The van der Waals surface area contributed by atoms with E-state index in [1.165, 1.54) is 41.9 Å². The van der Waals surface area contributed by atoms with Gasteiger partial charge in [-0.25, -0.2) is 19.3 Å². The van der Waals surface area contributed by atoms with E-state index in [0.717, 1.165) is 16.4 Å². The molecule has 0 unspecified atom stereocenters. The number of rotatable bonds is 8. The standard InChI is InChI=1S/C20H18N8O5S3/c1-33-26-13(10-7-36-20(21)24-10)16(29)25-14-17(30)27-15(19(31)32)9(6-35-18(14)27)5-34-12-4-2-3-11-22-8-23-28(11)12/h2-4,7-8,14,18H,5-6H2,1H3,(H2,21,24)(H,25,29)(H,31,32)/b26-13-/t14-,18+/m1/s1. The van der Waals surface area contributed by atoms with E-state index in [-0.39, 0.29) is 22.2 Å². The van der Waals surface area contributed by atoms with Crippen molar-refractivity contribution in [3.05, 3.63) is 46.9 Å². The molecule has 0 aromatic carbocycles. The molecule has 16 heteroatoms. The number of anilines is 1. The van der Waals surface area contributed by atoms with Crippen molar-refractivity contribution in [2.45, 2.75) is 16.4 Å². The number of thiazole rings is 1. The summed E-state index contributed by atoms with van der Waals surface area (Å²) in [6.45, 7) is 0. The SMILES string of the molecule is CO/N=C(\C(=O)N[C@@H]1C(=O)N2C(C(=O)O)=C(CSc3cccc4ncnn34)CS[C@@H]12)c1csc(N)n1. The summed E-state index contributed by atoms with van der Waals surface area (Å²) in [4.78, 5) is 52.2. The van der Waals surface area contributed by atoms with Crippen LogP contribution in [0.5, 0.6) is 0 Å². The average Bonchev–Trinajstić information content (AvgIpc) is 3.52. The van der Waals surface area contributed by atoms with Crippen LogP contribution >= 0.6 is 34.9 Å². The molecule has 2 atom stereocenters. The number of β-lactam (4-membered cyclic amide) rings is 1. The number of nitrogen functional groups attached to an aromatic ring is 1. The lowest BCUT2D eigenvalue weighted by Gasteiger charge is -2.49. The Labute approximate surface area is 215 Å². The highest BCUT2D eigenvalue weighted by Crippen LogP contribution is 2.41. The van der Waals surface area contributed by atoms with Gasteiger partial charge in [-0.2, -0.15) is 5.10 Å². The molecule has 4 N–H and O–H groups in total. The van der Waals surface area contributed by atoms with Gasteiger partial charge in [0.2, 0.25) is 0 Å². The Morgan fingerprint density at radius 2 is 2.25 bits per heavy atom. The quantitative estimate of drug-likeness (QED) is 0.156. The van der Waals surface area contributed by atoms with Crippen LogP contribution in [0.3, 0.4) is 0 Å². The number of hydrogen-bond donors (Lipinski definition) is 3. The highest BCUT2D eigenvalue weighted by atomic mass is 32.2. The molecule has 0 spiro atoms. The van der Waals surface area contributed by atoms with Crippen LogP contribution < -0.4 is 11.1 Å². The van der Waals surface area contributed by atoms with Crippen LogP contribution in [0, 0.1) is 0 Å². The highest BCUT2D eigenvalue weighted by molar-refractivity contribution is 8.01. The highest BCUT2D eigenvalue weighted by Gasteiger charge is 2.54. The molecular weight excluding hydrogens is 528 g/mol. The van der Waals surface area contributed by atoms with Gasteiger partial charge in [-0.1, -0.05) is 11.2 Å². The minimum atomic E-state index is -1.20. The van der Waals surface area contributed by atoms with Crippen LogP contribution in [-0.2, 0) is 19.2 Å². The van der Waals surface area contributed by atoms with Crippen molar-refractivity contribution in [1.29, 1.82) is 0 Å². The van der Waals surface area contributed by atoms with Crippen molar-refractivity contribution < 1.29 is 24.3 Å². The first-order valence-corrected chi connectivity index (χ1v) is 13.3. The van der Waals surface area contributed by atoms with Gasteiger partial charge in [0.25, 0.3) is 11.8 Å². The second-order valence-electron chi connectivity index (χ2n) is 7.49. The van der Waals surface area contributed by atoms with E-state index >= 15 is 0 Å². The number of nitrogens with one attached hydrogen (secondary N) is 1. The number of aromatic nitrogens is 4. The summed E-state index contributed by atoms with van der Waals surface area (Å²) in [6, 6.07) is 4.60. The van der Waals surface area contributed by atoms with Crippen molar-refractivity contribution in [1.82, 2.24) is 29.8 Å². The largest absolute Gasteiger partial charge is 0.477 e. The number of amides is 2. The minimum Gasteiger partial charge on any atom is -0.477 e. The third-order valence-corrected chi connectivity index (χ3v) is 8.47. The molecule has 36 heavy (non-hydrogen) atoms. The lowest BCUT2D eigenvalue weighted by atomic mass is 10.0. The first kappa shape index (κ1) is 24.1. The molecule has 2 aliphatic heterocycles. The van der Waals surface area contributed by atoms with E-state index in [1.807, 2.05) is 18.2 Å². The zero-order chi connectivity index (χ0) is 25.4. The Bertz CT molecular complexity index is 1430. The molecule has 0 bridgehead atoms.